The molecule has 5 N–H and O–H groups in total. The quantitative estimate of drug-likeness (QED) is 0.0536. The molecule has 14 rings (SSSR count). The number of nitrogen functional groups attached to an aromatic ring is 1. The molecule has 484 valence electrons. The second kappa shape index (κ2) is 25.4. The van der Waals surface area contributed by atoms with Crippen LogP contribution in [0.3, 0.4) is 0 Å². The van der Waals surface area contributed by atoms with E-state index >= 15 is 0 Å². The van der Waals surface area contributed by atoms with Crippen molar-refractivity contribution in [2.45, 2.75) is 132 Å². The van der Waals surface area contributed by atoms with Crippen LogP contribution in [0.15, 0.2) is 117 Å². The third kappa shape index (κ3) is 13.8. The van der Waals surface area contributed by atoms with E-state index in [1.54, 1.807) is 18.5 Å². The molecule has 27 heteroatoms. The zero-order chi connectivity index (χ0) is 63.6. The van der Waals surface area contributed by atoms with Crippen LogP contribution in [0.5, 0.6) is 0 Å². The first-order valence-electron chi connectivity index (χ1n) is 31.2. The van der Waals surface area contributed by atoms with Gasteiger partial charge in [-0.1, -0.05) is 54.2 Å². The van der Waals surface area contributed by atoms with Crippen LogP contribution in [0, 0.1) is 17.2 Å². The molecule has 10 heterocycles. The fraction of sp³-hybridized carbons (Fsp3) is 0.462. The van der Waals surface area contributed by atoms with Crippen LogP contribution < -0.4 is 31.6 Å². The van der Waals surface area contributed by atoms with Crippen LogP contribution in [0.2, 0.25) is 0 Å². The summed E-state index contributed by atoms with van der Waals surface area (Å²) in [6, 6.07) is 27.8. The summed E-state index contributed by atoms with van der Waals surface area (Å²) in [4.78, 5) is 31.0. The average molecular weight is 1330 g/mol. The van der Waals surface area contributed by atoms with Gasteiger partial charge in [0.25, 0.3) is 0 Å². The van der Waals surface area contributed by atoms with Gasteiger partial charge in [0, 0.05) is 127 Å². The molecule has 15 nitrogen and oxygen atoms in total. The molecule has 6 aromatic rings. The van der Waals surface area contributed by atoms with Crippen LogP contribution >= 0.6 is 34.4 Å². The van der Waals surface area contributed by atoms with Crippen molar-refractivity contribution in [3.8, 4) is 6.07 Å². The monoisotopic (exact) mass is 1330 g/mol. The number of thioether (sulfide) groups is 1. The number of thiophene rings is 2. The van der Waals surface area contributed by atoms with Crippen LogP contribution in [-0.4, -0.2) is 136 Å². The molecule has 4 fully saturated rings. The normalized spacial score (nSPS) is 22.3. The maximum absolute atomic E-state index is 14.4. The number of fused-ring (bicyclic) bond motifs is 2. The molecule has 0 bridgehead atoms. The van der Waals surface area contributed by atoms with Crippen molar-refractivity contribution in [3.63, 3.8) is 0 Å². The number of nitriles is 1. The number of piperidine rings is 3. The Morgan fingerprint density at radius 3 is 2.05 bits per heavy atom. The lowest BCUT2D eigenvalue weighted by Gasteiger charge is -2.45. The number of alkyl halides is 9. The van der Waals surface area contributed by atoms with Crippen LogP contribution in [0.4, 0.5) is 67.4 Å². The number of amidine groups is 1. The minimum absolute atomic E-state index is 0.00498. The summed E-state index contributed by atoms with van der Waals surface area (Å²) >= 11 is 3.38. The number of hydrazine groups is 1. The maximum Gasteiger partial charge on any atom is 0.393 e. The average Bonchev–Trinajstić information content (AvgIpc) is 1.51. The lowest BCUT2D eigenvalue weighted by molar-refractivity contribution is -0.127. The molecule has 0 spiro atoms. The highest BCUT2D eigenvalue weighted by molar-refractivity contribution is 8.04. The molecule has 92 heavy (non-hydrogen) atoms. The number of rotatable bonds is 16. The van der Waals surface area contributed by atoms with Crippen molar-refractivity contribution in [3.05, 3.63) is 145 Å². The number of anilines is 5. The van der Waals surface area contributed by atoms with Crippen molar-refractivity contribution >= 4 is 84.7 Å². The Balaban J connectivity index is 0.628. The molecule has 7 aliphatic heterocycles. The Bertz CT molecular complexity index is 3880. The molecule has 1 aliphatic carbocycles. The first-order chi connectivity index (χ1) is 44.2. The summed E-state index contributed by atoms with van der Waals surface area (Å²) in [5.74, 6) is 2.20. The summed E-state index contributed by atoms with van der Waals surface area (Å²) in [6.45, 7) is 6.82. The van der Waals surface area contributed by atoms with Crippen molar-refractivity contribution in [2.24, 2.45) is 15.9 Å². The Labute approximate surface area is 538 Å². The van der Waals surface area contributed by atoms with Gasteiger partial charge in [-0.25, -0.2) is 25.4 Å². The number of nitrogens with two attached hydrogens (primary N) is 1. The summed E-state index contributed by atoms with van der Waals surface area (Å²) in [6.07, 6.45) is -7.67. The molecule has 3 aromatic heterocycles. The number of aromatic nitrogens is 2. The van der Waals surface area contributed by atoms with Gasteiger partial charge in [-0.2, -0.15) is 44.8 Å². The van der Waals surface area contributed by atoms with E-state index in [1.165, 1.54) is 35.3 Å². The number of hydrogen-bond donors (Lipinski definition) is 4. The number of hydrogen-bond acceptors (Lipinski definition) is 18. The van der Waals surface area contributed by atoms with E-state index in [-0.39, 0.29) is 51.9 Å². The Morgan fingerprint density at radius 1 is 0.696 bits per heavy atom. The summed E-state index contributed by atoms with van der Waals surface area (Å²) in [7, 11) is 0. The predicted molar refractivity (Wildman–Crippen MR) is 344 cm³/mol. The van der Waals surface area contributed by atoms with Crippen molar-refractivity contribution < 1.29 is 39.5 Å². The summed E-state index contributed by atoms with van der Waals surface area (Å²) in [5, 5.41) is 19.2. The number of para-hydroxylation sites is 1. The highest BCUT2D eigenvalue weighted by Crippen LogP contribution is 2.53. The molecular weight excluding hydrogens is 1260 g/mol. The fourth-order valence-corrected chi connectivity index (χ4v) is 17.8. The predicted octanol–water partition coefficient (Wildman–Crippen LogP) is 13.2. The highest BCUT2D eigenvalue weighted by Gasteiger charge is 2.47. The lowest BCUT2D eigenvalue weighted by atomic mass is 9.97. The molecule has 3 aromatic carbocycles. The van der Waals surface area contributed by atoms with Crippen molar-refractivity contribution in [2.75, 3.05) is 73.3 Å². The van der Waals surface area contributed by atoms with Gasteiger partial charge in [0.2, 0.25) is 0 Å². The fourth-order valence-electron chi connectivity index (χ4n) is 14.1. The maximum atomic E-state index is 14.4. The molecule has 3 saturated heterocycles. The van der Waals surface area contributed by atoms with Gasteiger partial charge in [0.15, 0.2) is 5.82 Å². The smallest absolute Gasteiger partial charge is 0.393 e. The number of nitrogens with one attached hydrogen (secondary N) is 3. The molecule has 0 amide bonds. The van der Waals surface area contributed by atoms with E-state index in [9.17, 15) is 44.8 Å². The van der Waals surface area contributed by atoms with Gasteiger partial charge < -0.3 is 26.2 Å². The van der Waals surface area contributed by atoms with E-state index in [4.69, 9.17) is 15.7 Å². The number of likely N-dealkylation sites (tertiary alicyclic amines) is 3. The second-order valence-electron chi connectivity index (χ2n) is 25.2. The molecule has 1 unspecified atom stereocenters. The van der Waals surface area contributed by atoms with Crippen molar-refractivity contribution in [1.29, 1.82) is 5.26 Å². The van der Waals surface area contributed by atoms with Crippen molar-refractivity contribution in [1.82, 2.24) is 40.4 Å². The zero-order valence-electron chi connectivity index (χ0n) is 50.1. The summed E-state index contributed by atoms with van der Waals surface area (Å²) in [5.41, 5.74) is 18.5. The van der Waals surface area contributed by atoms with Crippen LogP contribution in [0.25, 0.3) is 10.2 Å². The molecule has 3 atom stereocenters. The first-order valence-corrected chi connectivity index (χ1v) is 33.7. The molecule has 1 saturated carbocycles. The van der Waals surface area contributed by atoms with Gasteiger partial charge in [-0.3, -0.25) is 19.7 Å². The zero-order valence-corrected chi connectivity index (χ0v) is 52.5. The molecule has 0 radical (unpaired) electrons. The number of halogens is 9. The third-order valence-electron chi connectivity index (χ3n) is 18.7. The summed E-state index contributed by atoms with van der Waals surface area (Å²) < 4.78 is 125. The van der Waals surface area contributed by atoms with E-state index < -0.39 is 43.2 Å². The number of aliphatic imine (C=N–C) groups is 2. The van der Waals surface area contributed by atoms with Gasteiger partial charge in [-0.15, -0.1) is 22.7 Å². The van der Waals surface area contributed by atoms with Crippen LogP contribution in [-0.2, 0) is 32.5 Å². The van der Waals surface area contributed by atoms with E-state index in [2.05, 4.69) is 82.1 Å². The molecular formula is C65H68F9N15S3. The minimum Gasteiger partial charge on any atom is -0.399 e. The van der Waals surface area contributed by atoms with Gasteiger partial charge in [0.1, 0.15) is 39.9 Å². The standard InChI is InChI=1S/C65H68F9N15S3/c66-63(67,68)27-47-25-50-57(77-35-78-60(50)90-47)82-44-13-19-85(20-14-44)34-42-23-43(76)9-10-54(42)88-37-80-59-56-52(55(92-62(56)88)29-65(72,73)74)31-81-89(59)46-15-21-86(22-16-46)33-40-3-1-2-4-53(40)87-36-79-58(51-26-48(91-61(51)87)28-64(69,70)71)83-45-11-17-84(18-12-45)32-38-5-7-39(8-6-38)49-24-41(49)30-75/h1-10,23,25-26,35,37,41,44-46,49,62,81H,11-22,24,27-29,31-34,36,76H2,(H,79,83)(H,77,78,82)/t41-,49+,62?/m0/s1. The lowest BCUT2D eigenvalue weighted by Crippen LogP contribution is -2.54. The topological polar surface area (TPSA) is 156 Å². The number of allylic oxidation sites excluding steroid dienone is 1. The number of benzene rings is 3. The number of nitrogens with zero attached hydrogens (tertiary/aromatic N) is 11. The Hall–Kier alpha value is -6.93. The van der Waals surface area contributed by atoms with Gasteiger partial charge >= 0.3 is 18.5 Å². The minimum atomic E-state index is -4.44. The van der Waals surface area contributed by atoms with E-state index in [0.29, 0.717) is 89.7 Å². The van der Waals surface area contributed by atoms with Crippen LogP contribution in [0.1, 0.15) is 94.9 Å². The third-order valence-corrected chi connectivity index (χ3v) is 22.3. The van der Waals surface area contributed by atoms with E-state index in [1.807, 2.05) is 40.1 Å². The highest BCUT2D eigenvalue weighted by atomic mass is 32.2. The first kappa shape index (κ1) is 62.5. The largest absolute Gasteiger partial charge is 0.399 e. The Morgan fingerprint density at radius 2 is 1.36 bits per heavy atom. The molecule has 8 aliphatic rings. The Kier molecular flexibility index (Phi) is 17.3. The van der Waals surface area contributed by atoms with Gasteiger partial charge in [-0.05, 0) is 109 Å². The second-order valence-corrected chi connectivity index (χ2v) is 28.6. The SMILES string of the molecule is N#C[C@@H]1C[C@@H]1c1ccc(CN2CCC(NC3=NCN(c4ccccc4CN4CCC(N5NCC6=C(CC(F)(F)F)SC7C6=C5N=CN7c5ccc(N)cc5CN5CCC(Nc6ncnc7sc(CC(F)(F)F)cc67)CC5)CC4)c4sc(CC(F)(F)F)cc43)CC2)cc1. The van der Waals surface area contributed by atoms with Gasteiger partial charge in [0.05, 0.1) is 48.5 Å². The van der Waals surface area contributed by atoms with E-state index in [0.717, 1.165) is 120 Å².